The van der Waals surface area contributed by atoms with Gasteiger partial charge in [-0.15, -0.1) is 0 Å². The highest BCUT2D eigenvalue weighted by molar-refractivity contribution is 5.80. The number of methoxy groups -OCH3 is 1. The largest absolute Gasteiger partial charge is 0.383 e. The van der Waals surface area contributed by atoms with Crippen LogP contribution in [0.4, 0.5) is 5.69 Å². The SMILES string of the molecule is CCNC(=NCc1ccc(NCCOC)cc1)NC1CCN(Cc2ccccc2)CC1. The van der Waals surface area contributed by atoms with Crippen LogP contribution in [-0.2, 0) is 17.8 Å². The first-order valence-electron chi connectivity index (χ1n) is 11.4. The van der Waals surface area contributed by atoms with E-state index in [0.717, 1.165) is 57.2 Å². The average Bonchev–Trinajstić information content (AvgIpc) is 2.81. The van der Waals surface area contributed by atoms with Gasteiger partial charge in [0.2, 0.25) is 0 Å². The Morgan fingerprint density at radius 1 is 1.03 bits per heavy atom. The number of hydrogen-bond acceptors (Lipinski definition) is 4. The normalized spacial score (nSPS) is 15.6. The monoisotopic (exact) mass is 423 g/mol. The molecule has 0 aliphatic carbocycles. The van der Waals surface area contributed by atoms with Crippen LogP contribution in [0, 0.1) is 0 Å². The fraction of sp³-hybridized carbons (Fsp3) is 0.480. The van der Waals surface area contributed by atoms with Gasteiger partial charge in [-0.25, -0.2) is 4.99 Å². The molecule has 0 bridgehead atoms. The molecule has 6 nitrogen and oxygen atoms in total. The van der Waals surface area contributed by atoms with E-state index >= 15 is 0 Å². The molecule has 3 rings (SSSR count). The average molecular weight is 424 g/mol. The number of anilines is 1. The van der Waals surface area contributed by atoms with Gasteiger partial charge in [-0.1, -0.05) is 42.5 Å². The van der Waals surface area contributed by atoms with Crippen molar-refractivity contribution < 1.29 is 4.74 Å². The van der Waals surface area contributed by atoms with Crippen LogP contribution in [0.25, 0.3) is 0 Å². The van der Waals surface area contributed by atoms with Gasteiger partial charge in [-0.3, -0.25) is 4.90 Å². The van der Waals surface area contributed by atoms with Gasteiger partial charge in [0.25, 0.3) is 0 Å². The zero-order chi connectivity index (χ0) is 21.7. The summed E-state index contributed by atoms with van der Waals surface area (Å²) in [5.41, 5.74) is 3.70. The topological polar surface area (TPSA) is 60.9 Å². The van der Waals surface area contributed by atoms with E-state index in [2.05, 4.69) is 82.4 Å². The summed E-state index contributed by atoms with van der Waals surface area (Å²) in [5, 5.41) is 10.4. The molecule has 0 radical (unpaired) electrons. The number of piperidine rings is 1. The third kappa shape index (κ3) is 8.23. The molecule has 0 unspecified atom stereocenters. The predicted molar refractivity (Wildman–Crippen MR) is 130 cm³/mol. The number of guanidine groups is 1. The van der Waals surface area contributed by atoms with Crippen LogP contribution in [0.1, 0.15) is 30.9 Å². The Bertz CT molecular complexity index is 770. The highest BCUT2D eigenvalue weighted by Gasteiger charge is 2.20. The molecule has 3 N–H and O–H groups in total. The van der Waals surface area contributed by atoms with Crippen molar-refractivity contribution in [1.29, 1.82) is 0 Å². The van der Waals surface area contributed by atoms with Gasteiger partial charge in [-0.05, 0) is 43.0 Å². The highest BCUT2D eigenvalue weighted by Crippen LogP contribution is 2.14. The first-order valence-corrected chi connectivity index (χ1v) is 11.4. The summed E-state index contributed by atoms with van der Waals surface area (Å²) in [6.07, 6.45) is 2.28. The number of nitrogens with one attached hydrogen (secondary N) is 3. The highest BCUT2D eigenvalue weighted by atomic mass is 16.5. The maximum Gasteiger partial charge on any atom is 0.191 e. The molecule has 0 amide bonds. The number of aliphatic imine (C=N–C) groups is 1. The first kappa shape index (κ1) is 23.1. The molecule has 168 valence electrons. The van der Waals surface area contributed by atoms with E-state index in [4.69, 9.17) is 9.73 Å². The lowest BCUT2D eigenvalue weighted by Gasteiger charge is -2.33. The molecule has 6 heteroatoms. The summed E-state index contributed by atoms with van der Waals surface area (Å²) in [5.74, 6) is 0.909. The van der Waals surface area contributed by atoms with Crippen molar-refractivity contribution in [2.75, 3.05) is 45.2 Å². The van der Waals surface area contributed by atoms with Crippen molar-refractivity contribution >= 4 is 11.6 Å². The number of benzene rings is 2. The Morgan fingerprint density at radius 2 is 1.77 bits per heavy atom. The zero-order valence-electron chi connectivity index (χ0n) is 18.9. The summed E-state index contributed by atoms with van der Waals surface area (Å²) >= 11 is 0. The third-order valence-electron chi connectivity index (χ3n) is 5.53. The van der Waals surface area contributed by atoms with E-state index in [1.807, 2.05) is 0 Å². The molecule has 0 spiro atoms. The second kappa shape index (κ2) is 13.0. The quantitative estimate of drug-likeness (QED) is 0.310. The van der Waals surface area contributed by atoms with Crippen LogP contribution in [0.5, 0.6) is 0 Å². The molecule has 1 fully saturated rings. The standard InChI is InChI=1S/C25H37N5O/c1-3-26-25(28-19-21-9-11-23(12-10-21)27-15-18-31-2)29-24-13-16-30(17-14-24)20-22-7-5-4-6-8-22/h4-12,24,27H,3,13-20H2,1-2H3,(H2,26,28,29). The Morgan fingerprint density at radius 3 is 2.45 bits per heavy atom. The van der Waals surface area contributed by atoms with E-state index in [0.29, 0.717) is 19.2 Å². The van der Waals surface area contributed by atoms with E-state index < -0.39 is 0 Å². The number of rotatable bonds is 10. The molecular formula is C25H37N5O. The second-order valence-corrected chi connectivity index (χ2v) is 7.99. The van der Waals surface area contributed by atoms with E-state index in [9.17, 15) is 0 Å². The number of ether oxygens (including phenoxy) is 1. The molecule has 2 aromatic carbocycles. The second-order valence-electron chi connectivity index (χ2n) is 7.99. The molecule has 1 aliphatic heterocycles. The maximum atomic E-state index is 5.07. The number of hydrogen-bond donors (Lipinski definition) is 3. The summed E-state index contributed by atoms with van der Waals surface area (Å²) in [6.45, 7) is 8.42. The molecule has 31 heavy (non-hydrogen) atoms. The lowest BCUT2D eigenvalue weighted by Crippen LogP contribution is -2.48. The molecule has 1 heterocycles. The molecule has 0 saturated carbocycles. The number of likely N-dealkylation sites (tertiary alicyclic amines) is 1. The van der Waals surface area contributed by atoms with Gasteiger partial charge in [0.15, 0.2) is 5.96 Å². The Labute approximate surface area is 187 Å². The molecule has 1 saturated heterocycles. The molecule has 0 aromatic heterocycles. The van der Waals surface area contributed by atoms with Crippen LogP contribution in [-0.4, -0.2) is 56.8 Å². The van der Waals surface area contributed by atoms with Gasteiger partial charge >= 0.3 is 0 Å². The van der Waals surface area contributed by atoms with Crippen LogP contribution >= 0.6 is 0 Å². The van der Waals surface area contributed by atoms with Gasteiger partial charge < -0.3 is 20.7 Å². The van der Waals surface area contributed by atoms with Crippen molar-refractivity contribution in [3.8, 4) is 0 Å². The third-order valence-corrected chi connectivity index (χ3v) is 5.53. The van der Waals surface area contributed by atoms with Gasteiger partial charge in [0.1, 0.15) is 0 Å². The lowest BCUT2D eigenvalue weighted by molar-refractivity contribution is 0.198. The fourth-order valence-electron chi connectivity index (χ4n) is 3.79. The van der Waals surface area contributed by atoms with Crippen molar-refractivity contribution in [3.05, 3.63) is 65.7 Å². The van der Waals surface area contributed by atoms with E-state index in [1.54, 1.807) is 7.11 Å². The molecule has 2 aromatic rings. The maximum absolute atomic E-state index is 5.07. The summed E-state index contributed by atoms with van der Waals surface area (Å²) in [6, 6.07) is 19.7. The summed E-state index contributed by atoms with van der Waals surface area (Å²) in [7, 11) is 1.72. The summed E-state index contributed by atoms with van der Waals surface area (Å²) < 4.78 is 5.07. The van der Waals surface area contributed by atoms with Crippen molar-refractivity contribution in [1.82, 2.24) is 15.5 Å². The minimum atomic E-state index is 0.470. The van der Waals surface area contributed by atoms with E-state index in [-0.39, 0.29) is 0 Å². The zero-order valence-corrected chi connectivity index (χ0v) is 18.9. The fourth-order valence-corrected chi connectivity index (χ4v) is 3.79. The molecule has 1 aliphatic rings. The Kier molecular flexibility index (Phi) is 9.67. The molecular weight excluding hydrogens is 386 g/mol. The summed E-state index contributed by atoms with van der Waals surface area (Å²) in [4.78, 5) is 7.35. The lowest BCUT2D eigenvalue weighted by atomic mass is 10.0. The van der Waals surface area contributed by atoms with E-state index in [1.165, 1.54) is 11.1 Å². The van der Waals surface area contributed by atoms with Crippen LogP contribution in [0.2, 0.25) is 0 Å². The smallest absolute Gasteiger partial charge is 0.191 e. The van der Waals surface area contributed by atoms with Crippen LogP contribution < -0.4 is 16.0 Å². The minimum Gasteiger partial charge on any atom is -0.383 e. The van der Waals surface area contributed by atoms with Gasteiger partial charge in [0, 0.05) is 51.6 Å². The van der Waals surface area contributed by atoms with Gasteiger partial charge in [-0.2, -0.15) is 0 Å². The number of nitrogens with zero attached hydrogens (tertiary/aromatic N) is 2. The van der Waals surface area contributed by atoms with Crippen molar-refractivity contribution in [2.24, 2.45) is 4.99 Å². The molecule has 0 atom stereocenters. The predicted octanol–water partition coefficient (Wildman–Crippen LogP) is 3.46. The van der Waals surface area contributed by atoms with Crippen LogP contribution in [0.15, 0.2) is 59.6 Å². The Hall–Kier alpha value is -2.57. The van der Waals surface area contributed by atoms with Gasteiger partial charge in [0.05, 0.1) is 13.2 Å². The van der Waals surface area contributed by atoms with Crippen molar-refractivity contribution in [2.45, 2.75) is 38.9 Å². The Balaban J connectivity index is 1.45. The van der Waals surface area contributed by atoms with Crippen molar-refractivity contribution in [3.63, 3.8) is 0 Å². The van der Waals surface area contributed by atoms with Crippen LogP contribution in [0.3, 0.4) is 0 Å². The minimum absolute atomic E-state index is 0.470. The first-order chi connectivity index (χ1) is 15.3.